The third kappa shape index (κ3) is 2.14. The zero-order valence-corrected chi connectivity index (χ0v) is 8.40. The molecule has 2 rings (SSSR count). The zero-order valence-electron chi connectivity index (χ0n) is 8.40. The maximum absolute atomic E-state index is 7.48. The van der Waals surface area contributed by atoms with E-state index in [2.05, 4.69) is 4.98 Å². The van der Waals surface area contributed by atoms with Crippen molar-refractivity contribution < 1.29 is 14.2 Å². The first-order valence-electron chi connectivity index (χ1n) is 4.64. The molecule has 1 aromatic rings. The molecule has 0 aliphatic carbocycles. The highest BCUT2D eigenvalue weighted by molar-refractivity contribution is 5.89. The third-order valence-corrected chi connectivity index (χ3v) is 2.07. The van der Waals surface area contributed by atoms with Crippen molar-refractivity contribution in [2.24, 2.45) is 0 Å². The van der Waals surface area contributed by atoms with E-state index in [1.165, 1.54) is 7.11 Å². The first-order chi connectivity index (χ1) is 7.31. The lowest BCUT2D eigenvalue weighted by Gasteiger charge is -2.09. The Balaban J connectivity index is 2.21. The van der Waals surface area contributed by atoms with Crippen LogP contribution >= 0.6 is 0 Å². The third-order valence-electron chi connectivity index (χ3n) is 2.07. The molecular weight excluding hydrogens is 196 g/mol. The second kappa shape index (κ2) is 4.37. The summed E-state index contributed by atoms with van der Waals surface area (Å²) in [6, 6.07) is 5.32. The van der Waals surface area contributed by atoms with Gasteiger partial charge in [-0.2, -0.15) is 0 Å². The molecule has 1 aliphatic heterocycles. The number of pyridine rings is 1. The first-order valence-corrected chi connectivity index (χ1v) is 4.64. The van der Waals surface area contributed by atoms with Gasteiger partial charge in [0.25, 0.3) is 0 Å². The van der Waals surface area contributed by atoms with E-state index in [0.717, 1.165) is 0 Å². The maximum Gasteiger partial charge on any atom is 0.232 e. The van der Waals surface area contributed by atoms with E-state index in [9.17, 15) is 0 Å². The standard InChI is InChI=1S/C10H12N2O3/c1-13-9(11)7-3-2-4-8(12-7)10-14-5-6-15-10/h2-4,10-11H,5-6H2,1H3. The number of ether oxygens (including phenoxy) is 3. The average Bonchev–Trinajstić information content (AvgIpc) is 2.82. The van der Waals surface area contributed by atoms with Crippen molar-refractivity contribution in [2.45, 2.75) is 6.29 Å². The minimum absolute atomic E-state index is 0.0369. The Morgan fingerprint density at radius 1 is 1.47 bits per heavy atom. The van der Waals surface area contributed by atoms with Crippen LogP contribution in [0, 0.1) is 5.41 Å². The lowest BCUT2D eigenvalue weighted by atomic mass is 10.3. The van der Waals surface area contributed by atoms with Crippen LogP contribution in [-0.2, 0) is 14.2 Å². The maximum atomic E-state index is 7.48. The van der Waals surface area contributed by atoms with Crippen LogP contribution in [-0.4, -0.2) is 31.2 Å². The van der Waals surface area contributed by atoms with Crippen LogP contribution in [0.3, 0.4) is 0 Å². The average molecular weight is 208 g/mol. The molecule has 1 fully saturated rings. The second-order valence-electron chi connectivity index (χ2n) is 3.05. The van der Waals surface area contributed by atoms with Crippen molar-refractivity contribution in [1.82, 2.24) is 4.98 Å². The summed E-state index contributed by atoms with van der Waals surface area (Å²) in [5.41, 5.74) is 1.15. The van der Waals surface area contributed by atoms with E-state index in [1.807, 2.05) is 6.07 Å². The van der Waals surface area contributed by atoms with Crippen molar-refractivity contribution in [3.63, 3.8) is 0 Å². The molecule has 0 amide bonds. The number of aromatic nitrogens is 1. The molecule has 0 aromatic carbocycles. The molecule has 5 nitrogen and oxygen atoms in total. The number of nitrogens with zero attached hydrogens (tertiary/aromatic N) is 1. The molecule has 1 saturated heterocycles. The smallest absolute Gasteiger partial charge is 0.232 e. The minimum Gasteiger partial charge on any atom is -0.480 e. The van der Waals surface area contributed by atoms with Crippen LogP contribution < -0.4 is 0 Å². The molecule has 1 aliphatic rings. The van der Waals surface area contributed by atoms with E-state index in [1.54, 1.807) is 12.1 Å². The molecule has 80 valence electrons. The molecule has 0 saturated carbocycles. The van der Waals surface area contributed by atoms with Gasteiger partial charge in [0.15, 0.2) is 0 Å². The molecule has 5 heteroatoms. The van der Waals surface area contributed by atoms with Gasteiger partial charge in [-0.05, 0) is 12.1 Å². The van der Waals surface area contributed by atoms with Gasteiger partial charge in [-0.15, -0.1) is 0 Å². The number of hydrogen-bond acceptors (Lipinski definition) is 5. The quantitative estimate of drug-likeness (QED) is 0.584. The number of hydrogen-bond donors (Lipinski definition) is 1. The molecule has 0 spiro atoms. The van der Waals surface area contributed by atoms with Crippen LogP contribution in [0.5, 0.6) is 0 Å². The highest BCUT2D eigenvalue weighted by atomic mass is 16.7. The van der Waals surface area contributed by atoms with Gasteiger partial charge in [-0.25, -0.2) is 4.98 Å². The lowest BCUT2D eigenvalue weighted by molar-refractivity contribution is -0.0473. The van der Waals surface area contributed by atoms with Gasteiger partial charge in [-0.3, -0.25) is 5.41 Å². The highest BCUT2D eigenvalue weighted by Gasteiger charge is 2.20. The fourth-order valence-electron chi connectivity index (χ4n) is 1.34. The van der Waals surface area contributed by atoms with E-state index in [-0.39, 0.29) is 5.90 Å². The first kappa shape index (κ1) is 10.1. The molecule has 15 heavy (non-hydrogen) atoms. The van der Waals surface area contributed by atoms with Gasteiger partial charge >= 0.3 is 0 Å². The Bertz CT molecular complexity index is 361. The normalized spacial score (nSPS) is 16.6. The van der Waals surface area contributed by atoms with Crippen molar-refractivity contribution in [3.8, 4) is 0 Å². The number of nitrogens with one attached hydrogen (secondary N) is 1. The van der Waals surface area contributed by atoms with Gasteiger partial charge in [0.2, 0.25) is 12.2 Å². The predicted molar refractivity (Wildman–Crippen MR) is 52.7 cm³/mol. The predicted octanol–water partition coefficient (Wildman–Crippen LogP) is 1.10. The lowest BCUT2D eigenvalue weighted by Crippen LogP contribution is -2.08. The van der Waals surface area contributed by atoms with Crippen molar-refractivity contribution in [3.05, 3.63) is 29.6 Å². The van der Waals surface area contributed by atoms with Gasteiger partial charge in [0.1, 0.15) is 5.69 Å². The van der Waals surface area contributed by atoms with E-state index >= 15 is 0 Å². The van der Waals surface area contributed by atoms with E-state index < -0.39 is 6.29 Å². The topological polar surface area (TPSA) is 64.4 Å². The molecule has 2 heterocycles. The molecular formula is C10H12N2O3. The van der Waals surface area contributed by atoms with Gasteiger partial charge in [-0.1, -0.05) is 6.07 Å². The fraction of sp³-hybridized carbons (Fsp3) is 0.400. The van der Waals surface area contributed by atoms with Crippen molar-refractivity contribution in [2.75, 3.05) is 20.3 Å². The van der Waals surface area contributed by atoms with Crippen LogP contribution in [0.4, 0.5) is 0 Å². The van der Waals surface area contributed by atoms with Gasteiger partial charge in [0, 0.05) is 0 Å². The highest BCUT2D eigenvalue weighted by Crippen LogP contribution is 2.21. The van der Waals surface area contributed by atoms with Crippen LogP contribution in [0.15, 0.2) is 18.2 Å². The van der Waals surface area contributed by atoms with Crippen molar-refractivity contribution in [1.29, 1.82) is 5.41 Å². The number of rotatable bonds is 2. The Morgan fingerprint density at radius 2 is 2.20 bits per heavy atom. The Labute approximate surface area is 87.5 Å². The molecule has 0 atom stereocenters. The summed E-state index contributed by atoms with van der Waals surface area (Å²) in [6.45, 7) is 1.16. The molecule has 1 N–H and O–H groups in total. The molecule has 0 radical (unpaired) electrons. The SMILES string of the molecule is COC(=N)c1cccc(C2OCCO2)n1. The summed E-state index contributed by atoms with van der Waals surface area (Å²) in [4.78, 5) is 4.23. The minimum atomic E-state index is -0.408. The Hall–Kier alpha value is -1.46. The van der Waals surface area contributed by atoms with Gasteiger partial charge < -0.3 is 14.2 Å². The summed E-state index contributed by atoms with van der Waals surface area (Å²) >= 11 is 0. The molecule has 0 unspecified atom stereocenters. The van der Waals surface area contributed by atoms with Crippen LogP contribution in [0.2, 0.25) is 0 Å². The summed E-state index contributed by atoms with van der Waals surface area (Å²) in [7, 11) is 1.44. The van der Waals surface area contributed by atoms with Gasteiger partial charge in [0.05, 0.1) is 26.0 Å². The van der Waals surface area contributed by atoms with E-state index in [4.69, 9.17) is 19.6 Å². The van der Waals surface area contributed by atoms with Crippen LogP contribution in [0.1, 0.15) is 17.7 Å². The fourth-order valence-corrected chi connectivity index (χ4v) is 1.34. The summed E-state index contributed by atoms with van der Waals surface area (Å²) in [5.74, 6) is 0.0369. The largest absolute Gasteiger partial charge is 0.480 e. The second-order valence-corrected chi connectivity index (χ2v) is 3.05. The Kier molecular flexibility index (Phi) is 2.94. The summed E-state index contributed by atoms with van der Waals surface area (Å²) in [6.07, 6.45) is -0.408. The van der Waals surface area contributed by atoms with E-state index in [0.29, 0.717) is 24.6 Å². The molecule has 1 aromatic heterocycles. The van der Waals surface area contributed by atoms with Crippen LogP contribution in [0.25, 0.3) is 0 Å². The molecule has 0 bridgehead atoms. The number of methoxy groups -OCH3 is 1. The van der Waals surface area contributed by atoms with Crippen molar-refractivity contribution >= 4 is 5.90 Å². The summed E-state index contributed by atoms with van der Waals surface area (Å²) in [5, 5.41) is 7.48. The Morgan fingerprint density at radius 3 is 2.87 bits per heavy atom. The zero-order chi connectivity index (χ0) is 10.7. The monoisotopic (exact) mass is 208 g/mol. The summed E-state index contributed by atoms with van der Waals surface area (Å²) < 4.78 is 15.4.